The molecule has 4 heteroatoms. The van der Waals surface area contributed by atoms with Crippen molar-refractivity contribution in [1.82, 2.24) is 9.55 Å². The summed E-state index contributed by atoms with van der Waals surface area (Å²) >= 11 is 0. The summed E-state index contributed by atoms with van der Waals surface area (Å²) in [6.07, 6.45) is 4.11. The van der Waals surface area contributed by atoms with Crippen LogP contribution in [-0.2, 0) is 11.2 Å². The Balaban J connectivity index is 2.33. The maximum absolute atomic E-state index is 10.6. The molecule has 18 heavy (non-hydrogen) atoms. The first-order valence-corrected chi connectivity index (χ1v) is 5.89. The van der Waals surface area contributed by atoms with E-state index in [1.165, 1.54) is 5.56 Å². The van der Waals surface area contributed by atoms with Crippen LogP contribution in [0.2, 0.25) is 0 Å². The highest BCUT2D eigenvalue weighted by Crippen LogP contribution is 2.17. The number of aryl methyl sites for hydroxylation is 3. The summed E-state index contributed by atoms with van der Waals surface area (Å²) < 4.78 is 1.96. The SMILES string of the molecule is Cc1ccc(-n2ccnc2CCC(=O)O)c(C)c1. The first-order chi connectivity index (χ1) is 8.58. The molecule has 1 aromatic carbocycles. The van der Waals surface area contributed by atoms with Crippen molar-refractivity contribution in [2.75, 3.05) is 0 Å². The molecule has 0 bridgehead atoms. The molecule has 0 unspecified atom stereocenters. The maximum Gasteiger partial charge on any atom is 0.303 e. The van der Waals surface area contributed by atoms with Gasteiger partial charge in [-0.1, -0.05) is 17.7 Å². The standard InChI is InChI=1S/C14H16N2O2/c1-10-3-4-12(11(2)9-10)16-8-7-15-13(16)5-6-14(17)18/h3-4,7-9H,5-6H2,1-2H3,(H,17,18). The Hall–Kier alpha value is -2.10. The number of aliphatic carboxylic acids is 1. The number of aromatic nitrogens is 2. The van der Waals surface area contributed by atoms with E-state index >= 15 is 0 Å². The van der Waals surface area contributed by atoms with Gasteiger partial charge in [0, 0.05) is 24.5 Å². The zero-order valence-corrected chi connectivity index (χ0v) is 10.6. The van der Waals surface area contributed by atoms with Gasteiger partial charge in [-0.2, -0.15) is 0 Å². The van der Waals surface area contributed by atoms with Gasteiger partial charge in [0.15, 0.2) is 0 Å². The molecule has 2 aromatic rings. The summed E-state index contributed by atoms with van der Waals surface area (Å²) in [6, 6.07) is 6.19. The van der Waals surface area contributed by atoms with E-state index in [0.717, 1.165) is 17.1 Å². The highest BCUT2D eigenvalue weighted by atomic mass is 16.4. The third kappa shape index (κ3) is 2.59. The number of hydrogen-bond donors (Lipinski definition) is 1. The molecule has 0 saturated carbocycles. The average Bonchev–Trinajstić information content (AvgIpc) is 2.74. The van der Waals surface area contributed by atoms with Gasteiger partial charge in [0.05, 0.1) is 6.42 Å². The molecular formula is C14H16N2O2. The number of imidazole rings is 1. The minimum absolute atomic E-state index is 0.0991. The predicted molar refractivity (Wildman–Crippen MR) is 69.0 cm³/mol. The van der Waals surface area contributed by atoms with E-state index in [4.69, 9.17) is 5.11 Å². The fourth-order valence-corrected chi connectivity index (χ4v) is 2.03. The van der Waals surface area contributed by atoms with Gasteiger partial charge in [0.25, 0.3) is 0 Å². The average molecular weight is 244 g/mol. The van der Waals surface area contributed by atoms with Gasteiger partial charge >= 0.3 is 5.97 Å². The van der Waals surface area contributed by atoms with Gasteiger partial charge in [-0.05, 0) is 25.5 Å². The highest BCUT2D eigenvalue weighted by Gasteiger charge is 2.09. The lowest BCUT2D eigenvalue weighted by Gasteiger charge is -2.11. The van der Waals surface area contributed by atoms with Crippen LogP contribution in [0.5, 0.6) is 0 Å². The van der Waals surface area contributed by atoms with Gasteiger partial charge in [-0.3, -0.25) is 4.79 Å². The van der Waals surface area contributed by atoms with Crippen LogP contribution in [-0.4, -0.2) is 20.6 Å². The summed E-state index contributed by atoms with van der Waals surface area (Å²) in [4.78, 5) is 14.8. The number of carboxylic acids is 1. The van der Waals surface area contributed by atoms with Crippen LogP contribution in [0.1, 0.15) is 23.4 Å². The fourth-order valence-electron chi connectivity index (χ4n) is 2.03. The van der Waals surface area contributed by atoms with Gasteiger partial charge in [0.2, 0.25) is 0 Å². The molecule has 1 aromatic heterocycles. The van der Waals surface area contributed by atoms with E-state index in [2.05, 4.69) is 18.0 Å². The lowest BCUT2D eigenvalue weighted by molar-refractivity contribution is -0.137. The van der Waals surface area contributed by atoms with Gasteiger partial charge in [0.1, 0.15) is 5.82 Å². The Kier molecular flexibility index (Phi) is 3.46. The van der Waals surface area contributed by atoms with Crippen molar-refractivity contribution in [3.63, 3.8) is 0 Å². The molecule has 0 atom stereocenters. The number of carboxylic acid groups (broad SMARTS) is 1. The van der Waals surface area contributed by atoms with E-state index in [0.29, 0.717) is 6.42 Å². The Morgan fingerprint density at radius 1 is 1.39 bits per heavy atom. The van der Waals surface area contributed by atoms with Crippen molar-refractivity contribution in [2.45, 2.75) is 26.7 Å². The molecule has 94 valence electrons. The molecule has 0 saturated heterocycles. The monoisotopic (exact) mass is 244 g/mol. The van der Waals surface area contributed by atoms with E-state index < -0.39 is 5.97 Å². The van der Waals surface area contributed by atoms with Crippen LogP contribution in [0.25, 0.3) is 5.69 Å². The van der Waals surface area contributed by atoms with Crippen LogP contribution >= 0.6 is 0 Å². The van der Waals surface area contributed by atoms with Crippen molar-refractivity contribution in [2.24, 2.45) is 0 Å². The smallest absolute Gasteiger partial charge is 0.303 e. The van der Waals surface area contributed by atoms with Crippen molar-refractivity contribution >= 4 is 5.97 Å². The Labute approximate surface area is 106 Å². The summed E-state index contributed by atoms with van der Waals surface area (Å²) in [6.45, 7) is 4.10. The molecule has 0 radical (unpaired) electrons. The minimum Gasteiger partial charge on any atom is -0.481 e. The van der Waals surface area contributed by atoms with Crippen LogP contribution in [0.15, 0.2) is 30.6 Å². The van der Waals surface area contributed by atoms with Gasteiger partial charge < -0.3 is 9.67 Å². The Bertz CT molecular complexity index is 573. The largest absolute Gasteiger partial charge is 0.481 e. The van der Waals surface area contributed by atoms with Crippen molar-refractivity contribution in [1.29, 1.82) is 0 Å². The second-order valence-corrected chi connectivity index (χ2v) is 4.40. The normalized spacial score (nSPS) is 10.6. The molecular weight excluding hydrogens is 228 g/mol. The predicted octanol–water partition coefficient (Wildman–Crippen LogP) is 2.51. The number of nitrogens with zero attached hydrogens (tertiary/aromatic N) is 2. The van der Waals surface area contributed by atoms with Crippen molar-refractivity contribution in [3.8, 4) is 5.69 Å². The molecule has 1 heterocycles. The lowest BCUT2D eigenvalue weighted by Crippen LogP contribution is -2.05. The fraction of sp³-hybridized carbons (Fsp3) is 0.286. The minimum atomic E-state index is -0.801. The second kappa shape index (κ2) is 5.04. The van der Waals surface area contributed by atoms with Crippen molar-refractivity contribution < 1.29 is 9.90 Å². The number of benzene rings is 1. The van der Waals surface area contributed by atoms with E-state index in [1.807, 2.05) is 29.8 Å². The summed E-state index contributed by atoms with van der Waals surface area (Å²) in [7, 11) is 0. The second-order valence-electron chi connectivity index (χ2n) is 4.40. The van der Waals surface area contributed by atoms with Crippen LogP contribution in [0.3, 0.4) is 0 Å². The highest BCUT2D eigenvalue weighted by molar-refractivity contribution is 5.66. The third-order valence-corrected chi connectivity index (χ3v) is 2.89. The molecule has 0 spiro atoms. The summed E-state index contributed by atoms with van der Waals surface area (Å²) in [5, 5.41) is 8.73. The van der Waals surface area contributed by atoms with Crippen molar-refractivity contribution in [3.05, 3.63) is 47.5 Å². The molecule has 0 aliphatic rings. The van der Waals surface area contributed by atoms with E-state index in [9.17, 15) is 4.79 Å². The topological polar surface area (TPSA) is 55.1 Å². The first kappa shape index (κ1) is 12.4. The Morgan fingerprint density at radius 3 is 2.83 bits per heavy atom. The molecule has 0 fully saturated rings. The molecule has 0 aliphatic carbocycles. The number of rotatable bonds is 4. The van der Waals surface area contributed by atoms with E-state index in [1.54, 1.807) is 6.20 Å². The third-order valence-electron chi connectivity index (χ3n) is 2.89. The first-order valence-electron chi connectivity index (χ1n) is 5.89. The Morgan fingerprint density at radius 2 is 2.17 bits per heavy atom. The zero-order valence-electron chi connectivity index (χ0n) is 10.6. The molecule has 1 N–H and O–H groups in total. The summed E-state index contributed by atoms with van der Waals surface area (Å²) in [5.41, 5.74) is 3.42. The maximum atomic E-state index is 10.6. The molecule has 2 rings (SSSR count). The molecule has 0 amide bonds. The van der Waals surface area contributed by atoms with Crippen LogP contribution in [0.4, 0.5) is 0 Å². The molecule has 4 nitrogen and oxygen atoms in total. The van der Waals surface area contributed by atoms with Crippen LogP contribution < -0.4 is 0 Å². The van der Waals surface area contributed by atoms with Gasteiger partial charge in [-0.15, -0.1) is 0 Å². The summed E-state index contributed by atoms with van der Waals surface area (Å²) in [5.74, 6) is -0.0190. The number of hydrogen-bond acceptors (Lipinski definition) is 2. The van der Waals surface area contributed by atoms with E-state index in [-0.39, 0.29) is 6.42 Å². The van der Waals surface area contributed by atoms with Crippen LogP contribution in [0, 0.1) is 13.8 Å². The lowest BCUT2D eigenvalue weighted by atomic mass is 10.1. The van der Waals surface area contributed by atoms with Gasteiger partial charge in [-0.25, -0.2) is 4.98 Å². The zero-order chi connectivity index (χ0) is 13.1. The molecule has 0 aliphatic heterocycles. The number of carbonyl (C=O) groups is 1. The quantitative estimate of drug-likeness (QED) is 0.899.